The van der Waals surface area contributed by atoms with Gasteiger partial charge in [0.15, 0.2) is 0 Å². The number of aromatic nitrogens is 1. The summed E-state index contributed by atoms with van der Waals surface area (Å²) < 4.78 is 0. The maximum Gasteiger partial charge on any atom is 0.313 e. The molecule has 2 N–H and O–H groups in total. The first-order valence-electron chi connectivity index (χ1n) is 6.91. The van der Waals surface area contributed by atoms with E-state index in [0.717, 1.165) is 12.0 Å². The summed E-state index contributed by atoms with van der Waals surface area (Å²) in [6, 6.07) is 10.9. The molecular weight excluding hydrogens is 302 g/mol. The van der Waals surface area contributed by atoms with Crippen molar-refractivity contribution in [3.63, 3.8) is 0 Å². The van der Waals surface area contributed by atoms with Gasteiger partial charge in [-0.05, 0) is 36.2 Å². The van der Waals surface area contributed by atoms with E-state index in [1.54, 1.807) is 18.3 Å². The van der Waals surface area contributed by atoms with Gasteiger partial charge in [-0.1, -0.05) is 23.7 Å². The van der Waals surface area contributed by atoms with E-state index in [9.17, 15) is 9.59 Å². The predicted molar refractivity (Wildman–Crippen MR) is 83.6 cm³/mol. The van der Waals surface area contributed by atoms with E-state index in [4.69, 9.17) is 11.6 Å². The van der Waals surface area contributed by atoms with E-state index in [2.05, 4.69) is 15.6 Å². The van der Waals surface area contributed by atoms with Crippen LogP contribution in [0, 0.1) is 0 Å². The molecule has 22 heavy (non-hydrogen) atoms. The van der Waals surface area contributed by atoms with Gasteiger partial charge in [-0.25, -0.2) is 0 Å². The molecule has 0 aliphatic heterocycles. The second-order valence-corrected chi connectivity index (χ2v) is 5.61. The summed E-state index contributed by atoms with van der Waals surface area (Å²) >= 11 is 5.95. The smallest absolute Gasteiger partial charge is 0.313 e. The van der Waals surface area contributed by atoms with Crippen LogP contribution in [0.15, 0.2) is 48.8 Å². The van der Waals surface area contributed by atoms with Crippen molar-refractivity contribution in [1.82, 2.24) is 10.3 Å². The highest BCUT2D eigenvalue weighted by molar-refractivity contribution is 6.39. The van der Waals surface area contributed by atoms with E-state index in [0.29, 0.717) is 10.7 Å². The number of pyridine rings is 1. The van der Waals surface area contributed by atoms with Crippen LogP contribution in [-0.2, 0) is 9.59 Å². The topological polar surface area (TPSA) is 71.1 Å². The number of amides is 2. The van der Waals surface area contributed by atoms with Gasteiger partial charge in [0.1, 0.15) is 0 Å². The molecule has 2 amide bonds. The minimum absolute atomic E-state index is 0.0226. The summed E-state index contributed by atoms with van der Waals surface area (Å²) in [6.07, 6.45) is 3.89. The lowest BCUT2D eigenvalue weighted by atomic mass is 10.1. The number of carbonyl (C=O) groups excluding carboxylic acids is 2. The molecule has 0 radical (unpaired) electrons. The Balaban J connectivity index is 1.54. The second kappa shape index (κ2) is 6.15. The third kappa shape index (κ3) is 3.43. The molecule has 6 heteroatoms. The van der Waals surface area contributed by atoms with Gasteiger partial charge in [0.25, 0.3) is 0 Å². The molecule has 1 fully saturated rings. The molecule has 1 aromatic heterocycles. The molecule has 1 heterocycles. The molecule has 1 aromatic carbocycles. The lowest BCUT2D eigenvalue weighted by Gasteiger charge is -2.06. The van der Waals surface area contributed by atoms with Crippen molar-refractivity contribution in [2.75, 3.05) is 5.32 Å². The van der Waals surface area contributed by atoms with Crippen molar-refractivity contribution in [2.24, 2.45) is 0 Å². The Morgan fingerprint density at radius 3 is 2.77 bits per heavy atom. The summed E-state index contributed by atoms with van der Waals surface area (Å²) in [4.78, 5) is 27.5. The molecule has 0 bridgehead atoms. The van der Waals surface area contributed by atoms with Gasteiger partial charge in [-0.2, -0.15) is 0 Å². The third-order valence-electron chi connectivity index (χ3n) is 3.51. The quantitative estimate of drug-likeness (QED) is 0.854. The molecule has 5 nitrogen and oxygen atoms in total. The summed E-state index contributed by atoms with van der Waals surface area (Å²) in [5.74, 6) is -1.11. The zero-order chi connectivity index (χ0) is 15.5. The van der Waals surface area contributed by atoms with E-state index < -0.39 is 11.8 Å². The second-order valence-electron chi connectivity index (χ2n) is 5.17. The zero-order valence-corrected chi connectivity index (χ0v) is 12.4. The SMILES string of the molecule is O=C(Nc1cccnc1)C(=O)N[C@@H]1C[C@@H]1c1cccc(Cl)c1. The first-order valence-corrected chi connectivity index (χ1v) is 7.28. The molecule has 2 atom stereocenters. The van der Waals surface area contributed by atoms with Gasteiger partial charge in [-0.15, -0.1) is 0 Å². The van der Waals surface area contributed by atoms with E-state index in [1.807, 2.05) is 24.3 Å². The monoisotopic (exact) mass is 315 g/mol. The summed E-state index contributed by atoms with van der Waals surface area (Å²) in [5, 5.41) is 5.90. The average Bonchev–Trinajstić information content (AvgIpc) is 3.27. The van der Waals surface area contributed by atoms with Gasteiger partial charge in [0, 0.05) is 23.2 Å². The summed E-state index contributed by atoms with van der Waals surface area (Å²) in [7, 11) is 0. The Bertz CT molecular complexity index is 706. The minimum Gasteiger partial charge on any atom is -0.344 e. The molecule has 1 saturated carbocycles. The highest BCUT2D eigenvalue weighted by Crippen LogP contribution is 2.41. The third-order valence-corrected chi connectivity index (χ3v) is 3.74. The normalized spacial score (nSPS) is 19.3. The Morgan fingerprint density at radius 1 is 1.18 bits per heavy atom. The first kappa shape index (κ1) is 14.5. The van der Waals surface area contributed by atoms with Crippen LogP contribution >= 0.6 is 11.6 Å². The number of nitrogens with zero attached hydrogens (tertiary/aromatic N) is 1. The minimum atomic E-state index is -0.690. The maximum atomic E-state index is 11.9. The highest BCUT2D eigenvalue weighted by Gasteiger charge is 2.40. The van der Waals surface area contributed by atoms with Crippen LogP contribution in [0.3, 0.4) is 0 Å². The fourth-order valence-electron chi connectivity index (χ4n) is 2.32. The first-order chi connectivity index (χ1) is 10.6. The Morgan fingerprint density at radius 2 is 2.05 bits per heavy atom. The molecule has 2 aromatic rings. The van der Waals surface area contributed by atoms with Crippen LogP contribution in [0.2, 0.25) is 5.02 Å². The van der Waals surface area contributed by atoms with Crippen LogP contribution < -0.4 is 10.6 Å². The number of hydrogen-bond acceptors (Lipinski definition) is 3. The van der Waals surface area contributed by atoms with E-state index in [1.165, 1.54) is 6.20 Å². The van der Waals surface area contributed by atoms with Crippen molar-refractivity contribution in [2.45, 2.75) is 18.4 Å². The highest BCUT2D eigenvalue weighted by atomic mass is 35.5. The molecule has 0 unspecified atom stereocenters. The fourth-order valence-corrected chi connectivity index (χ4v) is 2.52. The number of nitrogens with one attached hydrogen (secondary N) is 2. The number of hydrogen-bond donors (Lipinski definition) is 2. The maximum absolute atomic E-state index is 11.9. The summed E-state index contributed by atoms with van der Waals surface area (Å²) in [6.45, 7) is 0. The molecule has 1 aliphatic rings. The Labute approximate surface area is 132 Å². The number of halogens is 1. The Hall–Kier alpha value is -2.40. The van der Waals surface area contributed by atoms with Crippen LogP contribution in [0.1, 0.15) is 17.9 Å². The van der Waals surface area contributed by atoms with Crippen molar-refractivity contribution < 1.29 is 9.59 Å². The lowest BCUT2D eigenvalue weighted by molar-refractivity contribution is -0.136. The number of benzene rings is 1. The van der Waals surface area contributed by atoms with Crippen LogP contribution in [-0.4, -0.2) is 22.8 Å². The van der Waals surface area contributed by atoms with Gasteiger partial charge in [-0.3, -0.25) is 14.6 Å². The van der Waals surface area contributed by atoms with Crippen molar-refractivity contribution >= 4 is 29.1 Å². The van der Waals surface area contributed by atoms with E-state index in [-0.39, 0.29) is 12.0 Å². The molecule has 112 valence electrons. The van der Waals surface area contributed by atoms with Crippen LogP contribution in [0.25, 0.3) is 0 Å². The Kier molecular flexibility index (Phi) is 4.06. The molecule has 3 rings (SSSR count). The number of anilines is 1. The summed E-state index contributed by atoms with van der Waals surface area (Å²) in [5.41, 5.74) is 1.57. The van der Waals surface area contributed by atoms with Crippen LogP contribution in [0.5, 0.6) is 0 Å². The van der Waals surface area contributed by atoms with E-state index >= 15 is 0 Å². The number of carbonyl (C=O) groups is 2. The largest absolute Gasteiger partial charge is 0.344 e. The molecule has 1 aliphatic carbocycles. The number of rotatable bonds is 3. The molecule has 0 spiro atoms. The zero-order valence-electron chi connectivity index (χ0n) is 11.6. The van der Waals surface area contributed by atoms with Gasteiger partial charge in [0.05, 0.1) is 11.9 Å². The van der Waals surface area contributed by atoms with Crippen LogP contribution in [0.4, 0.5) is 5.69 Å². The van der Waals surface area contributed by atoms with Crippen molar-refractivity contribution in [1.29, 1.82) is 0 Å². The predicted octanol–water partition coefficient (Wildman–Crippen LogP) is 2.35. The van der Waals surface area contributed by atoms with Gasteiger partial charge < -0.3 is 10.6 Å². The van der Waals surface area contributed by atoms with Crippen molar-refractivity contribution in [3.05, 3.63) is 59.4 Å². The van der Waals surface area contributed by atoms with Crippen molar-refractivity contribution in [3.8, 4) is 0 Å². The average molecular weight is 316 g/mol. The molecular formula is C16H14ClN3O2. The standard InChI is InChI=1S/C16H14ClN3O2/c17-11-4-1-3-10(7-11)13-8-14(13)20-16(22)15(21)19-12-5-2-6-18-9-12/h1-7,9,13-14H,8H2,(H,19,21)(H,20,22)/t13-,14-/m1/s1. The molecule has 0 saturated heterocycles. The lowest BCUT2D eigenvalue weighted by Crippen LogP contribution is -2.37. The van der Waals surface area contributed by atoms with Gasteiger partial charge >= 0.3 is 11.8 Å². The van der Waals surface area contributed by atoms with Gasteiger partial charge in [0.2, 0.25) is 0 Å². The fraction of sp³-hybridized carbons (Fsp3) is 0.188.